The van der Waals surface area contributed by atoms with E-state index in [9.17, 15) is 9.59 Å². The summed E-state index contributed by atoms with van der Waals surface area (Å²) in [5.41, 5.74) is 0.934. The van der Waals surface area contributed by atoms with E-state index in [2.05, 4.69) is 5.32 Å². The van der Waals surface area contributed by atoms with Gasteiger partial charge in [-0.1, -0.05) is 51.1 Å². The Labute approximate surface area is 120 Å². The Kier molecular flexibility index (Phi) is 5.74. The average Bonchev–Trinajstić information content (AvgIpc) is 2.38. The highest BCUT2D eigenvalue weighted by Crippen LogP contribution is 2.21. The minimum Gasteiger partial charge on any atom is -0.455 e. The number of rotatable bonds is 4. The molecule has 0 heterocycles. The highest BCUT2D eigenvalue weighted by molar-refractivity contribution is 6.32. The molecule has 0 saturated carbocycles. The lowest BCUT2D eigenvalue weighted by atomic mass is 9.90. The number of esters is 1. The first kappa shape index (κ1) is 16.2. The Morgan fingerprint density at radius 2 is 1.80 bits per heavy atom. The molecule has 1 aromatic carbocycles. The monoisotopic (exact) mass is 277 g/mol. The predicted octanol–water partition coefficient (Wildman–Crippen LogP) is 2.32. The third-order valence-electron chi connectivity index (χ3n) is 3.23. The Balaban J connectivity index is 2.34. The summed E-state index contributed by atoms with van der Waals surface area (Å²) in [7, 11) is 0. The van der Waals surface area contributed by atoms with Crippen LogP contribution >= 0.6 is 0 Å². The molecule has 0 radical (unpaired) electrons. The molecule has 0 aliphatic heterocycles. The molecule has 0 spiro atoms. The van der Waals surface area contributed by atoms with Crippen molar-refractivity contribution in [3.05, 3.63) is 35.9 Å². The normalized spacial score (nSPS) is 12.6. The zero-order valence-corrected chi connectivity index (χ0v) is 12.6. The molecule has 0 aliphatic rings. The highest BCUT2D eigenvalue weighted by atomic mass is 16.5. The van der Waals surface area contributed by atoms with Crippen LogP contribution in [0, 0.1) is 5.41 Å². The van der Waals surface area contributed by atoms with Gasteiger partial charge in [0.25, 0.3) is 0 Å². The van der Waals surface area contributed by atoms with Crippen molar-refractivity contribution < 1.29 is 14.3 Å². The largest absolute Gasteiger partial charge is 0.455 e. The first-order valence-electron chi connectivity index (χ1n) is 6.83. The number of carbonyl (C=O) groups excluding carboxylic acids is 2. The number of benzene rings is 1. The van der Waals surface area contributed by atoms with Crippen molar-refractivity contribution in [1.29, 1.82) is 0 Å². The molecule has 1 aromatic rings. The number of nitrogens with one attached hydrogen (secondary N) is 1. The maximum absolute atomic E-state index is 11.6. The second kappa shape index (κ2) is 7.08. The lowest BCUT2D eigenvalue weighted by Gasteiger charge is -2.26. The molecule has 0 bridgehead atoms. The molecule has 0 aromatic heterocycles. The zero-order valence-electron chi connectivity index (χ0n) is 12.6. The highest BCUT2D eigenvalue weighted by Gasteiger charge is 2.26. The summed E-state index contributed by atoms with van der Waals surface area (Å²) in [5.74, 6) is -1.50. The van der Waals surface area contributed by atoms with Gasteiger partial charge < -0.3 is 10.1 Å². The number of hydrogen-bond acceptors (Lipinski definition) is 3. The van der Waals surface area contributed by atoms with E-state index in [1.165, 1.54) is 0 Å². The molecule has 4 heteroatoms. The molecule has 1 amide bonds. The number of ether oxygens (including phenoxy) is 1. The van der Waals surface area contributed by atoms with Crippen LogP contribution in [0.15, 0.2) is 30.3 Å². The molecule has 0 aliphatic carbocycles. The van der Waals surface area contributed by atoms with Crippen molar-refractivity contribution in [1.82, 2.24) is 5.32 Å². The SMILES string of the molecule is C[C@@H](OC(=O)C(=O)NCCc1ccccc1)C(C)(C)C. The van der Waals surface area contributed by atoms with E-state index in [0.717, 1.165) is 5.56 Å². The van der Waals surface area contributed by atoms with Crippen molar-refractivity contribution in [3.63, 3.8) is 0 Å². The molecule has 0 saturated heterocycles. The molecular weight excluding hydrogens is 254 g/mol. The van der Waals surface area contributed by atoms with E-state index in [1.807, 2.05) is 51.1 Å². The third kappa shape index (κ3) is 5.43. The average molecular weight is 277 g/mol. The standard InChI is InChI=1S/C16H23NO3/c1-12(16(2,3)4)20-15(19)14(18)17-11-10-13-8-6-5-7-9-13/h5-9,12H,10-11H2,1-4H3,(H,17,18)/t12-/m1/s1. The summed E-state index contributed by atoms with van der Waals surface area (Å²) >= 11 is 0. The molecule has 4 nitrogen and oxygen atoms in total. The Morgan fingerprint density at radius 1 is 1.20 bits per heavy atom. The van der Waals surface area contributed by atoms with E-state index >= 15 is 0 Å². The van der Waals surface area contributed by atoms with Crippen LogP contribution in [0.5, 0.6) is 0 Å². The van der Waals surface area contributed by atoms with Crippen LogP contribution in [0.1, 0.15) is 33.3 Å². The lowest BCUT2D eigenvalue weighted by molar-refractivity contribution is -0.162. The molecule has 110 valence electrons. The van der Waals surface area contributed by atoms with Crippen molar-refractivity contribution in [2.45, 2.75) is 40.2 Å². The van der Waals surface area contributed by atoms with Crippen LogP contribution in [-0.4, -0.2) is 24.5 Å². The quantitative estimate of drug-likeness (QED) is 0.679. The van der Waals surface area contributed by atoms with Crippen LogP contribution in [0.3, 0.4) is 0 Å². The fourth-order valence-electron chi connectivity index (χ4n) is 1.43. The van der Waals surface area contributed by atoms with Gasteiger partial charge in [0.05, 0.1) is 0 Å². The number of carbonyl (C=O) groups is 2. The van der Waals surface area contributed by atoms with Gasteiger partial charge >= 0.3 is 11.9 Å². The van der Waals surface area contributed by atoms with Gasteiger partial charge in [-0.3, -0.25) is 4.79 Å². The van der Waals surface area contributed by atoms with Gasteiger partial charge in [0.1, 0.15) is 6.10 Å². The first-order chi connectivity index (χ1) is 9.30. The van der Waals surface area contributed by atoms with Gasteiger partial charge in [0.2, 0.25) is 0 Å². The molecule has 20 heavy (non-hydrogen) atoms. The second-order valence-corrected chi connectivity index (χ2v) is 5.91. The van der Waals surface area contributed by atoms with Crippen LogP contribution < -0.4 is 5.32 Å². The van der Waals surface area contributed by atoms with Crippen molar-refractivity contribution in [3.8, 4) is 0 Å². The fourth-order valence-corrected chi connectivity index (χ4v) is 1.43. The van der Waals surface area contributed by atoms with Gasteiger partial charge in [-0.05, 0) is 24.3 Å². The Bertz CT molecular complexity index is 449. The smallest absolute Gasteiger partial charge is 0.397 e. The molecule has 1 atom stereocenters. The summed E-state index contributed by atoms with van der Waals surface area (Å²) in [6.07, 6.45) is 0.379. The minimum atomic E-state index is -0.819. The summed E-state index contributed by atoms with van der Waals surface area (Å²) in [6, 6.07) is 9.78. The van der Waals surface area contributed by atoms with Gasteiger partial charge in [0.15, 0.2) is 0 Å². The minimum absolute atomic E-state index is 0.181. The molecular formula is C16H23NO3. The van der Waals surface area contributed by atoms with Gasteiger partial charge in [-0.2, -0.15) is 0 Å². The maximum atomic E-state index is 11.6. The third-order valence-corrected chi connectivity index (χ3v) is 3.23. The summed E-state index contributed by atoms with van der Waals surface area (Å²) in [6.45, 7) is 8.08. The topological polar surface area (TPSA) is 55.4 Å². The summed E-state index contributed by atoms with van der Waals surface area (Å²) < 4.78 is 5.13. The van der Waals surface area contributed by atoms with Crippen molar-refractivity contribution >= 4 is 11.9 Å². The van der Waals surface area contributed by atoms with E-state index in [4.69, 9.17) is 4.74 Å². The Hall–Kier alpha value is -1.84. The number of hydrogen-bond donors (Lipinski definition) is 1. The number of amides is 1. The van der Waals surface area contributed by atoms with E-state index < -0.39 is 11.9 Å². The molecule has 0 fully saturated rings. The molecule has 1 N–H and O–H groups in total. The van der Waals surface area contributed by atoms with Crippen LogP contribution in [0.2, 0.25) is 0 Å². The lowest BCUT2D eigenvalue weighted by Crippen LogP contribution is -2.38. The summed E-state index contributed by atoms with van der Waals surface area (Å²) in [5, 5.41) is 2.57. The van der Waals surface area contributed by atoms with E-state index in [1.54, 1.807) is 6.92 Å². The van der Waals surface area contributed by atoms with Crippen LogP contribution in [0.25, 0.3) is 0 Å². The van der Waals surface area contributed by atoms with Crippen LogP contribution in [0.4, 0.5) is 0 Å². The van der Waals surface area contributed by atoms with Crippen LogP contribution in [-0.2, 0) is 20.7 Å². The van der Waals surface area contributed by atoms with Crippen molar-refractivity contribution in [2.75, 3.05) is 6.54 Å². The first-order valence-corrected chi connectivity index (χ1v) is 6.83. The predicted molar refractivity (Wildman–Crippen MR) is 78.2 cm³/mol. The van der Waals surface area contributed by atoms with Crippen molar-refractivity contribution in [2.24, 2.45) is 5.41 Å². The van der Waals surface area contributed by atoms with E-state index in [0.29, 0.717) is 13.0 Å². The summed E-state index contributed by atoms with van der Waals surface area (Å²) in [4.78, 5) is 23.2. The molecule has 0 unspecified atom stereocenters. The van der Waals surface area contributed by atoms with E-state index in [-0.39, 0.29) is 11.5 Å². The fraction of sp³-hybridized carbons (Fsp3) is 0.500. The van der Waals surface area contributed by atoms with Gasteiger partial charge in [-0.25, -0.2) is 4.79 Å². The van der Waals surface area contributed by atoms with Gasteiger partial charge in [0, 0.05) is 6.54 Å². The second-order valence-electron chi connectivity index (χ2n) is 5.91. The zero-order chi connectivity index (χ0) is 15.2. The molecule has 1 rings (SSSR count). The van der Waals surface area contributed by atoms with Gasteiger partial charge in [-0.15, -0.1) is 0 Å². The maximum Gasteiger partial charge on any atom is 0.397 e. The Morgan fingerprint density at radius 3 is 2.35 bits per heavy atom.